The molecule has 35 heavy (non-hydrogen) atoms. The van der Waals surface area contributed by atoms with E-state index < -0.39 is 0 Å². The molecule has 5 rings (SSSR count). The van der Waals surface area contributed by atoms with Crippen LogP contribution in [-0.4, -0.2) is 65.6 Å². The maximum atomic E-state index is 13.0. The number of hydrogen-bond donors (Lipinski definition) is 1. The van der Waals surface area contributed by atoms with Crippen LogP contribution in [0.3, 0.4) is 0 Å². The molecule has 176 valence electrons. The fourth-order valence-electron chi connectivity index (χ4n) is 5.02. The van der Waals surface area contributed by atoms with Crippen molar-refractivity contribution in [3.8, 4) is 17.6 Å². The van der Waals surface area contributed by atoms with Gasteiger partial charge in [0.15, 0.2) is 0 Å². The number of nitrogens with zero attached hydrogens (tertiary/aromatic N) is 2. The van der Waals surface area contributed by atoms with Gasteiger partial charge in [-0.05, 0) is 54.1 Å². The summed E-state index contributed by atoms with van der Waals surface area (Å²) < 4.78 is 5.18. The Morgan fingerprint density at radius 3 is 2.20 bits per heavy atom. The highest BCUT2D eigenvalue weighted by Crippen LogP contribution is 2.43. The van der Waals surface area contributed by atoms with Gasteiger partial charge in [0.1, 0.15) is 12.3 Å². The summed E-state index contributed by atoms with van der Waals surface area (Å²) in [6.07, 6.45) is 0. The smallest absolute Gasteiger partial charge is 0.254 e. The largest absolute Gasteiger partial charge is 0.497 e. The molecule has 3 aromatic carbocycles. The van der Waals surface area contributed by atoms with Crippen molar-refractivity contribution in [2.24, 2.45) is 0 Å². The summed E-state index contributed by atoms with van der Waals surface area (Å²) in [4.78, 5) is 29.2. The number of ether oxygens (including phenoxy) is 1. The summed E-state index contributed by atoms with van der Waals surface area (Å²) >= 11 is 0. The Morgan fingerprint density at radius 1 is 0.971 bits per heavy atom. The van der Waals surface area contributed by atoms with Crippen molar-refractivity contribution in [2.45, 2.75) is 18.0 Å². The highest BCUT2D eigenvalue weighted by atomic mass is 16.5. The van der Waals surface area contributed by atoms with E-state index in [2.05, 4.69) is 11.8 Å². The number of fused-ring (bicyclic) bond motifs is 1. The second kappa shape index (κ2) is 9.65. The van der Waals surface area contributed by atoms with Crippen molar-refractivity contribution in [2.75, 3.05) is 26.8 Å². The first-order chi connectivity index (χ1) is 17.1. The van der Waals surface area contributed by atoms with Crippen LogP contribution in [0.2, 0.25) is 0 Å². The minimum Gasteiger partial charge on any atom is -0.497 e. The topological polar surface area (TPSA) is 70.1 Å². The molecule has 2 amide bonds. The molecule has 2 aliphatic heterocycles. The molecule has 6 nitrogen and oxygen atoms in total. The minimum atomic E-state index is -0.280. The number of aliphatic hydroxyl groups excluding tert-OH is 1. The molecule has 2 fully saturated rings. The van der Waals surface area contributed by atoms with Gasteiger partial charge in [0, 0.05) is 29.2 Å². The van der Waals surface area contributed by atoms with E-state index in [4.69, 9.17) is 4.74 Å². The van der Waals surface area contributed by atoms with Crippen molar-refractivity contribution in [1.82, 2.24) is 9.80 Å². The van der Waals surface area contributed by atoms with Gasteiger partial charge in [-0.2, -0.15) is 0 Å². The van der Waals surface area contributed by atoms with Gasteiger partial charge in [-0.1, -0.05) is 42.2 Å². The number of benzene rings is 3. The van der Waals surface area contributed by atoms with Gasteiger partial charge in [-0.15, -0.1) is 0 Å². The number of piperazine rings is 1. The molecule has 2 heterocycles. The number of carbonyl (C=O) groups excluding carboxylic acids is 2. The van der Waals surface area contributed by atoms with E-state index in [9.17, 15) is 14.7 Å². The highest BCUT2D eigenvalue weighted by Gasteiger charge is 2.54. The van der Waals surface area contributed by atoms with E-state index in [1.165, 1.54) is 0 Å². The maximum absolute atomic E-state index is 13.0. The Bertz CT molecular complexity index is 1280. The van der Waals surface area contributed by atoms with E-state index >= 15 is 0 Å². The molecule has 0 aromatic heterocycles. The summed E-state index contributed by atoms with van der Waals surface area (Å²) in [5, 5.41) is 10.0. The molecule has 1 N–H and O–H groups in total. The molecular weight excluding hydrogens is 440 g/mol. The van der Waals surface area contributed by atoms with Gasteiger partial charge >= 0.3 is 0 Å². The molecular formula is C29H26N2O4. The van der Waals surface area contributed by atoms with Crippen LogP contribution in [0.4, 0.5) is 0 Å². The van der Waals surface area contributed by atoms with Crippen LogP contribution in [0.1, 0.15) is 33.0 Å². The van der Waals surface area contributed by atoms with Crippen LogP contribution in [0.5, 0.6) is 5.75 Å². The lowest BCUT2D eigenvalue weighted by molar-refractivity contribution is -0.159. The number of methoxy groups -OCH3 is 1. The van der Waals surface area contributed by atoms with Crippen molar-refractivity contribution < 1.29 is 19.4 Å². The molecule has 0 unspecified atom stereocenters. The predicted octanol–water partition coefficient (Wildman–Crippen LogP) is 2.91. The number of aliphatic hydroxyl groups is 1. The average Bonchev–Trinajstić information content (AvgIpc) is 2.89. The Balaban J connectivity index is 1.33. The first kappa shape index (κ1) is 22.7. The van der Waals surface area contributed by atoms with Crippen LogP contribution >= 0.6 is 0 Å². The van der Waals surface area contributed by atoms with Gasteiger partial charge in [-0.25, -0.2) is 0 Å². The van der Waals surface area contributed by atoms with Crippen LogP contribution < -0.4 is 4.74 Å². The fourth-order valence-corrected chi connectivity index (χ4v) is 5.02. The third-order valence-electron chi connectivity index (χ3n) is 6.80. The Labute approximate surface area is 204 Å². The van der Waals surface area contributed by atoms with Gasteiger partial charge in [0.25, 0.3) is 5.91 Å². The third kappa shape index (κ3) is 4.39. The van der Waals surface area contributed by atoms with E-state index in [0.29, 0.717) is 12.1 Å². The Hall–Kier alpha value is -4.08. The standard InChI is InChI=1S/C29H26N2O4/c1-35-24-15-11-21(12-16-24)8-7-20-9-13-22(14-10-20)28-25-17-30(18-27(33)31(25)26(28)19-32)29(34)23-5-3-2-4-6-23/h2-6,9-16,25-26,28,32H,17-19H2,1H3/t25-,26+,28+/m1/s1. The lowest BCUT2D eigenvalue weighted by atomic mass is 9.73. The second-order valence-corrected chi connectivity index (χ2v) is 8.80. The van der Waals surface area contributed by atoms with Crippen molar-refractivity contribution in [1.29, 1.82) is 0 Å². The third-order valence-corrected chi connectivity index (χ3v) is 6.80. The number of hydrogen-bond acceptors (Lipinski definition) is 4. The molecule has 6 heteroatoms. The number of carbonyl (C=O) groups is 2. The monoisotopic (exact) mass is 466 g/mol. The minimum absolute atomic E-state index is 0.0351. The summed E-state index contributed by atoms with van der Waals surface area (Å²) in [7, 11) is 1.63. The zero-order chi connectivity index (χ0) is 24.4. The predicted molar refractivity (Wildman–Crippen MR) is 132 cm³/mol. The van der Waals surface area contributed by atoms with E-state index in [-0.39, 0.29) is 43.0 Å². The van der Waals surface area contributed by atoms with Crippen molar-refractivity contribution in [3.63, 3.8) is 0 Å². The summed E-state index contributed by atoms with van der Waals surface area (Å²) in [6.45, 7) is 0.367. The SMILES string of the molecule is COc1ccc(C#Cc2ccc([C@H]3[C@H]4CN(C(=O)c5ccccc5)CC(=O)N4[C@H]3CO)cc2)cc1. The van der Waals surface area contributed by atoms with Crippen molar-refractivity contribution in [3.05, 3.63) is 101 Å². The molecule has 0 aliphatic carbocycles. The van der Waals surface area contributed by atoms with Crippen LogP contribution in [0.25, 0.3) is 0 Å². The quantitative estimate of drug-likeness (QED) is 0.601. The van der Waals surface area contributed by atoms with E-state index in [0.717, 1.165) is 22.4 Å². The number of amides is 2. The molecule has 0 radical (unpaired) electrons. The van der Waals surface area contributed by atoms with Gasteiger partial charge in [0.05, 0.1) is 25.8 Å². The normalized spacial score (nSPS) is 20.9. The van der Waals surface area contributed by atoms with Gasteiger partial charge in [-0.3, -0.25) is 9.59 Å². The molecule has 2 saturated heterocycles. The first-order valence-electron chi connectivity index (χ1n) is 11.6. The van der Waals surface area contributed by atoms with Crippen LogP contribution in [-0.2, 0) is 4.79 Å². The lowest BCUT2D eigenvalue weighted by Gasteiger charge is -2.58. The Kier molecular flexibility index (Phi) is 6.26. The molecule has 0 spiro atoms. The molecule has 3 atom stereocenters. The number of rotatable bonds is 4. The van der Waals surface area contributed by atoms with Gasteiger partial charge < -0.3 is 19.6 Å². The fraction of sp³-hybridized carbons (Fsp3) is 0.241. The van der Waals surface area contributed by atoms with Crippen LogP contribution in [0.15, 0.2) is 78.9 Å². The molecule has 3 aromatic rings. The zero-order valence-corrected chi connectivity index (χ0v) is 19.4. The highest BCUT2D eigenvalue weighted by molar-refractivity contribution is 5.97. The summed E-state index contributed by atoms with van der Waals surface area (Å²) in [5.41, 5.74) is 3.38. The van der Waals surface area contributed by atoms with E-state index in [1.54, 1.807) is 29.0 Å². The van der Waals surface area contributed by atoms with Crippen LogP contribution in [0, 0.1) is 11.8 Å². The van der Waals surface area contributed by atoms with Crippen molar-refractivity contribution >= 4 is 11.8 Å². The summed E-state index contributed by atoms with van der Waals surface area (Å²) in [5.74, 6) is 6.80. The van der Waals surface area contributed by atoms with E-state index in [1.807, 2.05) is 66.7 Å². The Morgan fingerprint density at radius 2 is 1.60 bits per heavy atom. The zero-order valence-electron chi connectivity index (χ0n) is 19.4. The van der Waals surface area contributed by atoms with Gasteiger partial charge in [0.2, 0.25) is 5.91 Å². The molecule has 2 aliphatic rings. The molecule has 0 bridgehead atoms. The average molecular weight is 467 g/mol. The maximum Gasteiger partial charge on any atom is 0.254 e. The summed E-state index contributed by atoms with van der Waals surface area (Å²) in [6, 6.07) is 24.1. The molecule has 0 saturated carbocycles. The lowest BCUT2D eigenvalue weighted by Crippen LogP contribution is -2.73. The second-order valence-electron chi connectivity index (χ2n) is 8.80. The first-order valence-corrected chi connectivity index (χ1v) is 11.6.